The topological polar surface area (TPSA) is 114 Å². The normalized spacial score (nSPS) is 12.3. The van der Waals surface area contributed by atoms with E-state index in [0.29, 0.717) is 33.5 Å². The van der Waals surface area contributed by atoms with E-state index in [4.69, 9.17) is 4.42 Å². The number of benzene rings is 5. The number of carboxylic acid groups (broad SMARTS) is 1. The van der Waals surface area contributed by atoms with Gasteiger partial charge in [-0.3, -0.25) is 4.79 Å². The van der Waals surface area contributed by atoms with Crippen LogP contribution in [0.15, 0.2) is 119 Å². The minimum Gasteiger partial charge on any atom is -0.744 e. The summed E-state index contributed by atoms with van der Waals surface area (Å²) < 4.78 is 46.0. The van der Waals surface area contributed by atoms with Crippen molar-refractivity contribution in [2.24, 2.45) is 0 Å². The van der Waals surface area contributed by atoms with Crippen LogP contribution in [0.4, 0.5) is 17.1 Å². The van der Waals surface area contributed by atoms with Gasteiger partial charge in [0, 0.05) is 63.8 Å². The maximum atomic E-state index is 12.5. The number of carbonyl (C=O) groups is 1. The number of hydrogen-bond acceptors (Lipinski definition) is 6. The van der Waals surface area contributed by atoms with Crippen LogP contribution in [0.2, 0.25) is 0 Å². The first-order valence-electron chi connectivity index (χ1n) is 14.8. The van der Waals surface area contributed by atoms with E-state index in [1.54, 1.807) is 12.1 Å². The van der Waals surface area contributed by atoms with Gasteiger partial charge in [-0.1, -0.05) is 54.6 Å². The second kappa shape index (κ2) is 12.3. The molecule has 1 aliphatic carbocycles. The van der Waals surface area contributed by atoms with Crippen LogP contribution < -0.4 is 14.8 Å². The Morgan fingerprint density at radius 3 is 2.26 bits per heavy atom. The molecule has 232 valence electrons. The van der Waals surface area contributed by atoms with Crippen LogP contribution in [-0.4, -0.2) is 37.6 Å². The molecule has 1 heterocycles. The van der Waals surface area contributed by atoms with Crippen LogP contribution in [0.5, 0.6) is 0 Å². The predicted octanol–water partition coefficient (Wildman–Crippen LogP) is 7.07. The summed E-state index contributed by atoms with van der Waals surface area (Å²) in [6.45, 7) is 4.22. The molecule has 0 atom stereocenters. The summed E-state index contributed by atoms with van der Waals surface area (Å²) >= 11 is 0. The third kappa shape index (κ3) is 5.90. The summed E-state index contributed by atoms with van der Waals surface area (Å²) in [4.78, 5) is 13.2. The van der Waals surface area contributed by atoms with Gasteiger partial charge >= 0.3 is 5.97 Å². The van der Waals surface area contributed by atoms with E-state index < -0.39 is 16.1 Å². The van der Waals surface area contributed by atoms with Gasteiger partial charge in [0.25, 0.3) is 0 Å². The summed E-state index contributed by atoms with van der Waals surface area (Å²) in [5.74, 6) is -0.429. The number of rotatable bonds is 8. The van der Waals surface area contributed by atoms with Gasteiger partial charge in [0.2, 0.25) is 11.0 Å². The minimum atomic E-state index is -4.81. The van der Waals surface area contributed by atoms with Crippen molar-refractivity contribution < 1.29 is 27.3 Å². The summed E-state index contributed by atoms with van der Waals surface area (Å²) in [6, 6.07) is 33.2. The van der Waals surface area contributed by atoms with Crippen molar-refractivity contribution in [3.05, 3.63) is 126 Å². The first-order chi connectivity index (χ1) is 22.0. The second-order valence-corrected chi connectivity index (χ2v) is 12.6. The molecule has 4 aromatic carbocycles. The summed E-state index contributed by atoms with van der Waals surface area (Å²) in [7, 11) is -2.85. The Hall–Kier alpha value is -5.25. The third-order valence-corrected chi connectivity index (χ3v) is 9.14. The smallest absolute Gasteiger partial charge is 0.305 e. The Labute approximate surface area is 267 Å². The highest BCUT2D eigenvalue weighted by Crippen LogP contribution is 2.43. The number of aliphatic carboxylic acids is 1. The molecule has 4 aromatic rings. The summed E-state index contributed by atoms with van der Waals surface area (Å²) in [5.41, 5.74) is 6.56. The molecule has 1 N–H and O–H groups in total. The molecule has 9 heteroatoms. The van der Waals surface area contributed by atoms with E-state index in [1.165, 1.54) is 12.1 Å². The van der Waals surface area contributed by atoms with Gasteiger partial charge in [0.15, 0.2) is 0 Å². The summed E-state index contributed by atoms with van der Waals surface area (Å²) in [5, 5.41) is 11.0. The molecular formula is C37H32N2O6S. The van der Waals surface area contributed by atoms with Crippen molar-refractivity contribution in [3.63, 3.8) is 0 Å². The van der Waals surface area contributed by atoms with E-state index in [2.05, 4.69) is 0 Å². The zero-order chi connectivity index (χ0) is 32.6. The lowest BCUT2D eigenvalue weighted by Crippen LogP contribution is -2.22. The largest absolute Gasteiger partial charge is 0.744 e. The van der Waals surface area contributed by atoms with Gasteiger partial charge < -0.3 is 19.0 Å². The van der Waals surface area contributed by atoms with Crippen LogP contribution in [0.25, 0.3) is 33.4 Å². The second-order valence-electron chi connectivity index (χ2n) is 11.2. The number of nitrogens with zero attached hydrogens (tertiary/aromatic N) is 2. The van der Waals surface area contributed by atoms with Crippen LogP contribution in [0.1, 0.15) is 17.5 Å². The number of hydrogen-bond donors (Lipinski definition) is 1. The highest BCUT2D eigenvalue weighted by molar-refractivity contribution is 7.85. The first-order valence-corrected chi connectivity index (χ1v) is 16.2. The molecule has 0 saturated heterocycles. The van der Waals surface area contributed by atoms with E-state index in [9.17, 15) is 22.9 Å². The molecule has 2 aliphatic rings. The van der Waals surface area contributed by atoms with Gasteiger partial charge in [-0.05, 0) is 49.7 Å². The number of fused-ring (bicyclic) bond motifs is 2. The molecule has 46 heavy (non-hydrogen) atoms. The average Bonchev–Trinajstić information content (AvgIpc) is 3.03. The average molecular weight is 633 g/mol. The van der Waals surface area contributed by atoms with Gasteiger partial charge in [-0.15, -0.1) is 0 Å². The molecule has 0 spiro atoms. The Morgan fingerprint density at radius 1 is 0.848 bits per heavy atom. The molecule has 0 radical (unpaired) electrons. The fraction of sp³-hybridized carbons (Fsp3) is 0.135. The van der Waals surface area contributed by atoms with Crippen molar-refractivity contribution in [1.29, 1.82) is 0 Å². The molecule has 0 aromatic heterocycles. The number of carboxylic acids is 1. The molecule has 0 unspecified atom stereocenters. The minimum absolute atomic E-state index is 0.0875. The Bertz CT molecular complexity index is 2270. The summed E-state index contributed by atoms with van der Waals surface area (Å²) in [6.07, 6.45) is -0.0875. The van der Waals surface area contributed by atoms with Gasteiger partial charge in [-0.2, -0.15) is 4.58 Å². The highest BCUT2D eigenvalue weighted by Gasteiger charge is 2.23. The van der Waals surface area contributed by atoms with Crippen molar-refractivity contribution in [2.75, 3.05) is 18.5 Å². The molecule has 1 aliphatic heterocycles. The molecule has 0 bridgehead atoms. The fourth-order valence-corrected chi connectivity index (χ4v) is 6.65. The van der Waals surface area contributed by atoms with Crippen molar-refractivity contribution >= 4 is 44.1 Å². The Kier molecular flexibility index (Phi) is 8.20. The van der Waals surface area contributed by atoms with Crippen LogP contribution in [-0.2, 0) is 14.9 Å². The molecule has 0 fully saturated rings. The zero-order valence-electron chi connectivity index (χ0n) is 25.6. The van der Waals surface area contributed by atoms with Crippen LogP contribution in [0.3, 0.4) is 0 Å². The van der Waals surface area contributed by atoms with Crippen molar-refractivity contribution in [2.45, 2.75) is 25.2 Å². The SMILES string of the molecule is Cc1ccccc1N(CCC(=O)O)c1ccc2c(-c3ccccc3S(=O)(=O)[O-])c3ccc(=[N+](C)c4ccccc4C)cc-3oc2c1. The van der Waals surface area contributed by atoms with Crippen LogP contribution in [0, 0.1) is 13.8 Å². The first kappa shape index (κ1) is 30.8. The van der Waals surface area contributed by atoms with E-state index in [0.717, 1.165) is 27.9 Å². The molecule has 8 nitrogen and oxygen atoms in total. The Balaban J connectivity index is 1.67. The third-order valence-electron chi connectivity index (χ3n) is 8.25. The van der Waals surface area contributed by atoms with Gasteiger partial charge in [0.1, 0.15) is 28.5 Å². The van der Waals surface area contributed by atoms with Crippen molar-refractivity contribution in [1.82, 2.24) is 4.58 Å². The highest BCUT2D eigenvalue weighted by atomic mass is 32.2. The standard InChI is InChI=1S/C37H32N2O6S/c1-24-10-4-7-13-31(24)38(3)26-16-18-28-33(22-26)45-34-23-27(39(21-20-36(40)41)32-14-8-5-11-25(32)2)17-19-29(34)37(28)30-12-6-9-15-35(30)46(42,43)44/h4-19,22-23H,20-21H2,1-3H3,(H-,40,41,42,43,44). The quantitative estimate of drug-likeness (QED) is 0.108. The van der Waals surface area contributed by atoms with Gasteiger partial charge in [0.05, 0.1) is 17.4 Å². The maximum Gasteiger partial charge on any atom is 0.305 e. The monoisotopic (exact) mass is 632 g/mol. The molecule has 0 amide bonds. The van der Waals surface area contributed by atoms with Crippen molar-refractivity contribution in [3.8, 4) is 22.5 Å². The maximum absolute atomic E-state index is 12.5. The fourth-order valence-electron chi connectivity index (χ4n) is 5.97. The lowest BCUT2D eigenvalue weighted by atomic mass is 9.93. The Morgan fingerprint density at radius 2 is 1.54 bits per heavy atom. The van der Waals surface area contributed by atoms with E-state index in [-0.39, 0.29) is 23.4 Å². The number of aryl methyl sites for hydroxylation is 2. The lowest BCUT2D eigenvalue weighted by Gasteiger charge is -2.27. The van der Waals surface area contributed by atoms with E-state index in [1.807, 2.05) is 115 Å². The predicted molar refractivity (Wildman–Crippen MR) is 179 cm³/mol. The molecular weight excluding hydrogens is 600 g/mol. The van der Waals surface area contributed by atoms with E-state index >= 15 is 0 Å². The van der Waals surface area contributed by atoms with Crippen LogP contribution >= 0.6 is 0 Å². The zero-order valence-corrected chi connectivity index (χ0v) is 26.4. The molecule has 6 rings (SSSR count). The number of anilines is 2. The number of para-hydroxylation sites is 2. The molecule has 0 saturated carbocycles. The lowest BCUT2D eigenvalue weighted by molar-refractivity contribution is -0.136. The van der Waals surface area contributed by atoms with Gasteiger partial charge in [-0.25, -0.2) is 8.42 Å².